The first-order chi connectivity index (χ1) is 10.8. The van der Waals surface area contributed by atoms with E-state index in [0.717, 1.165) is 0 Å². The van der Waals surface area contributed by atoms with Gasteiger partial charge in [0.15, 0.2) is 0 Å². The van der Waals surface area contributed by atoms with E-state index in [9.17, 15) is 0 Å². The maximum absolute atomic E-state index is 2.70. The summed E-state index contributed by atoms with van der Waals surface area (Å²) in [7, 11) is 0. The first-order valence-corrected chi connectivity index (χ1v) is 14.9. The van der Waals surface area contributed by atoms with Crippen LogP contribution in [0.4, 0.5) is 0 Å². The van der Waals surface area contributed by atoms with Crippen molar-refractivity contribution in [2.45, 2.75) is 73.4 Å². The van der Waals surface area contributed by atoms with Gasteiger partial charge in [-0.3, -0.25) is 0 Å². The molecule has 1 unspecified atom stereocenters. The molecule has 0 fully saturated rings. The molecule has 1 aliphatic rings. The van der Waals surface area contributed by atoms with Crippen molar-refractivity contribution in [2.24, 2.45) is 0 Å². The molecule has 145 valence electrons. The van der Waals surface area contributed by atoms with Crippen molar-refractivity contribution in [3.8, 4) is 0 Å². The average Bonchev–Trinajstić information content (AvgIpc) is 3.02. The Morgan fingerprint density at radius 1 is 0.885 bits per heavy atom. The number of hydrogen-bond acceptors (Lipinski definition) is 0. The zero-order valence-electron chi connectivity index (χ0n) is 17.2. The van der Waals surface area contributed by atoms with Crippen LogP contribution in [0.1, 0.15) is 54.0 Å². The first-order valence-electron chi connectivity index (χ1n) is 9.03. The zero-order valence-corrected chi connectivity index (χ0v) is 22.0. The molecule has 0 aliphatic heterocycles. The Labute approximate surface area is 189 Å². The van der Waals surface area contributed by atoms with E-state index >= 15 is 0 Å². The van der Waals surface area contributed by atoms with Gasteiger partial charge < -0.3 is 37.2 Å². The molecule has 1 aromatic rings. The van der Waals surface area contributed by atoms with Gasteiger partial charge in [0.1, 0.15) is 0 Å². The summed E-state index contributed by atoms with van der Waals surface area (Å²) in [6.07, 6.45) is 11.0. The van der Waals surface area contributed by atoms with E-state index in [0.29, 0.717) is 0 Å². The number of allylic oxidation sites excluding steroid dienone is 4. The van der Waals surface area contributed by atoms with E-state index in [2.05, 4.69) is 66.3 Å². The number of hydrogen-bond donors (Lipinski definition) is 0. The van der Waals surface area contributed by atoms with E-state index in [1.807, 2.05) is 5.19 Å². The SMILES string of the molecule is CCCC[Si](C)([Ti+3][C]1=CC=CC1)c1c(C)c(C)c(C)c(C)c1C.[Cl-].[Cl-].[Cl-]. The Bertz CT molecular complexity index is 639. The van der Waals surface area contributed by atoms with E-state index in [1.165, 1.54) is 30.9 Å². The Hall–Kier alpha value is 0.501. The van der Waals surface area contributed by atoms with Crippen molar-refractivity contribution in [1.29, 1.82) is 0 Å². The van der Waals surface area contributed by atoms with Crippen LogP contribution in [0.2, 0.25) is 12.6 Å². The van der Waals surface area contributed by atoms with Crippen molar-refractivity contribution in [3.63, 3.8) is 0 Å². The first kappa shape index (κ1) is 28.7. The second-order valence-corrected chi connectivity index (χ2v) is 18.6. The minimum Gasteiger partial charge on any atom is -1.00 e. The molecule has 0 saturated carbocycles. The summed E-state index contributed by atoms with van der Waals surface area (Å²) in [5, 5.41) is 1.82. The molecule has 1 aliphatic carbocycles. The second-order valence-electron chi connectivity index (χ2n) is 7.38. The molecule has 0 bridgehead atoms. The summed E-state index contributed by atoms with van der Waals surface area (Å²) in [4.78, 5) is 0. The number of benzene rings is 1. The maximum atomic E-state index is 2.70. The van der Waals surface area contributed by atoms with Gasteiger partial charge >= 0.3 is 153 Å². The van der Waals surface area contributed by atoms with E-state index in [1.54, 1.807) is 26.1 Å². The third kappa shape index (κ3) is 6.00. The van der Waals surface area contributed by atoms with Crippen LogP contribution < -0.4 is 42.4 Å². The van der Waals surface area contributed by atoms with Gasteiger partial charge in [-0.05, 0) is 0 Å². The van der Waals surface area contributed by atoms with Crippen LogP contribution in [-0.2, 0) is 18.4 Å². The quantitative estimate of drug-likeness (QED) is 0.387. The van der Waals surface area contributed by atoms with Crippen LogP contribution in [0.15, 0.2) is 22.1 Å². The fourth-order valence-corrected chi connectivity index (χ4v) is 16.8. The molecule has 0 saturated heterocycles. The van der Waals surface area contributed by atoms with E-state index in [-0.39, 0.29) is 55.6 Å². The summed E-state index contributed by atoms with van der Waals surface area (Å²) in [6, 6.07) is 1.48. The van der Waals surface area contributed by atoms with Crippen molar-refractivity contribution < 1.29 is 55.6 Å². The van der Waals surface area contributed by atoms with Crippen molar-refractivity contribution in [1.82, 2.24) is 0 Å². The van der Waals surface area contributed by atoms with Crippen LogP contribution in [-0.4, -0.2) is 5.94 Å². The van der Waals surface area contributed by atoms with Gasteiger partial charge in [0.25, 0.3) is 0 Å². The van der Waals surface area contributed by atoms with Crippen LogP contribution in [0.25, 0.3) is 0 Å². The Kier molecular flexibility index (Phi) is 13.4. The maximum Gasteiger partial charge on any atom is -1.00 e. The zero-order chi connectivity index (χ0) is 17.2. The van der Waals surface area contributed by atoms with Crippen molar-refractivity contribution in [2.75, 3.05) is 0 Å². The number of unbranched alkanes of at least 4 members (excludes halogenated alkanes) is 1. The van der Waals surface area contributed by atoms with Gasteiger partial charge in [0.2, 0.25) is 0 Å². The summed E-state index contributed by atoms with van der Waals surface area (Å²) in [6.45, 7) is 16.8. The fraction of sp³-hybridized carbons (Fsp3) is 0.524. The molecular weight excluding hydrogens is 435 g/mol. The third-order valence-corrected chi connectivity index (χ3v) is 16.9. The minimum atomic E-state index is -1.37. The Balaban J connectivity index is 0. The standard InChI is InChI=1S/C16H27Si.C5H5.3ClH.Ti/c1-8-9-10-17(7)16-14(5)12(3)11(2)13(4)15(16)6;1-2-4-5-3-1;;;;/h8-10H2,1-7H3;1-3H,4H2;3*1H;/q;;;;;+3/p-3. The molecule has 2 rings (SSSR count). The molecule has 0 nitrogen and oxygen atoms in total. The average molecular weight is 467 g/mol. The molecule has 5 heteroatoms. The summed E-state index contributed by atoms with van der Waals surface area (Å²) in [5.74, 6) is -1.37. The molecule has 0 amide bonds. The van der Waals surface area contributed by atoms with Crippen LogP contribution in [0.5, 0.6) is 0 Å². The predicted molar refractivity (Wildman–Crippen MR) is 103 cm³/mol. The monoisotopic (exact) mass is 465 g/mol. The summed E-state index contributed by atoms with van der Waals surface area (Å²) in [5.41, 5.74) is 7.83. The number of halogens is 3. The van der Waals surface area contributed by atoms with E-state index in [4.69, 9.17) is 0 Å². The molecule has 1 aromatic carbocycles. The van der Waals surface area contributed by atoms with Gasteiger partial charge in [0, 0.05) is 0 Å². The molecule has 0 aromatic heterocycles. The normalized spacial score (nSPS) is 14.3. The Morgan fingerprint density at radius 2 is 1.38 bits per heavy atom. The van der Waals surface area contributed by atoms with Gasteiger partial charge in [-0.1, -0.05) is 0 Å². The molecule has 0 heterocycles. The largest absolute Gasteiger partial charge is 1.00 e. The van der Waals surface area contributed by atoms with Gasteiger partial charge in [-0.15, -0.1) is 0 Å². The molecule has 26 heavy (non-hydrogen) atoms. The molecule has 0 spiro atoms. The third-order valence-electron chi connectivity index (χ3n) is 5.79. The van der Waals surface area contributed by atoms with Crippen LogP contribution in [0, 0.1) is 34.6 Å². The predicted octanol–water partition coefficient (Wildman–Crippen LogP) is -3.25. The minimum absolute atomic E-state index is 0. The fourth-order valence-electron chi connectivity index (χ4n) is 4.00. The van der Waals surface area contributed by atoms with Crippen molar-refractivity contribution >= 4 is 11.1 Å². The van der Waals surface area contributed by atoms with Gasteiger partial charge in [0.05, 0.1) is 0 Å². The second kappa shape index (κ2) is 12.1. The van der Waals surface area contributed by atoms with Crippen LogP contribution >= 0.6 is 0 Å². The topological polar surface area (TPSA) is 0 Å². The summed E-state index contributed by atoms with van der Waals surface area (Å²) < 4.78 is 1.78. The number of rotatable bonds is 6. The smallest absolute Gasteiger partial charge is 1.00 e. The molecular formula is C21H32Cl3SiTi. The van der Waals surface area contributed by atoms with Gasteiger partial charge in [-0.2, -0.15) is 0 Å². The van der Waals surface area contributed by atoms with E-state index < -0.39 is 5.94 Å². The van der Waals surface area contributed by atoms with Gasteiger partial charge in [-0.25, -0.2) is 0 Å². The molecule has 0 radical (unpaired) electrons. The molecule has 0 N–H and O–H groups in total. The van der Waals surface area contributed by atoms with Crippen LogP contribution in [0.3, 0.4) is 0 Å². The van der Waals surface area contributed by atoms with Crippen molar-refractivity contribution in [3.05, 3.63) is 49.9 Å². The molecule has 1 atom stereocenters. The summed E-state index contributed by atoms with van der Waals surface area (Å²) >= 11 is -0.0129. The Morgan fingerprint density at radius 3 is 1.81 bits per heavy atom.